The molecular formula is C33H34N4O2. The molecule has 2 amide bonds. The second-order valence-corrected chi connectivity index (χ2v) is 9.62. The average molecular weight is 519 g/mol. The predicted octanol–water partition coefficient (Wildman–Crippen LogP) is 5.82. The van der Waals surface area contributed by atoms with Crippen LogP contribution in [0.3, 0.4) is 0 Å². The molecular weight excluding hydrogens is 484 g/mol. The highest BCUT2D eigenvalue weighted by molar-refractivity contribution is 6.06. The largest absolute Gasteiger partial charge is 0.347 e. The summed E-state index contributed by atoms with van der Waals surface area (Å²) in [7, 11) is 3.87. The fraction of sp³-hybridized carbons (Fsp3) is 0.182. The number of pyridine rings is 1. The number of rotatable bonds is 10. The number of benzene rings is 3. The molecule has 4 aromatic rings. The Morgan fingerprint density at radius 3 is 2.05 bits per heavy atom. The number of hydrogen-bond acceptors (Lipinski definition) is 4. The Kier molecular flexibility index (Phi) is 9.38. The molecule has 4 rings (SSSR count). The molecule has 6 heteroatoms. The van der Waals surface area contributed by atoms with Crippen molar-refractivity contribution in [3.8, 4) is 11.1 Å². The smallest absolute Gasteiger partial charge is 0.251 e. The van der Waals surface area contributed by atoms with Gasteiger partial charge in [0.15, 0.2) is 0 Å². The Labute approximate surface area is 230 Å². The maximum atomic E-state index is 14.0. The van der Waals surface area contributed by atoms with Crippen LogP contribution in [0.5, 0.6) is 0 Å². The van der Waals surface area contributed by atoms with Crippen molar-refractivity contribution in [1.29, 1.82) is 0 Å². The molecule has 3 aromatic carbocycles. The van der Waals surface area contributed by atoms with Crippen molar-refractivity contribution >= 4 is 17.5 Å². The van der Waals surface area contributed by atoms with Crippen LogP contribution in [0.2, 0.25) is 0 Å². The number of nitrogens with one attached hydrogen (secondary N) is 1. The van der Waals surface area contributed by atoms with Gasteiger partial charge in [-0.1, -0.05) is 84.9 Å². The highest BCUT2D eigenvalue weighted by Crippen LogP contribution is 2.31. The monoisotopic (exact) mass is 518 g/mol. The minimum Gasteiger partial charge on any atom is -0.347 e. The van der Waals surface area contributed by atoms with Gasteiger partial charge in [0, 0.05) is 36.3 Å². The van der Waals surface area contributed by atoms with E-state index >= 15 is 0 Å². The van der Waals surface area contributed by atoms with Crippen LogP contribution in [-0.2, 0) is 9.59 Å². The average Bonchev–Trinajstić information content (AvgIpc) is 2.97. The summed E-state index contributed by atoms with van der Waals surface area (Å²) in [5.41, 5.74) is 4.31. The molecule has 39 heavy (non-hydrogen) atoms. The van der Waals surface area contributed by atoms with Gasteiger partial charge in [0.25, 0.3) is 5.91 Å². The van der Waals surface area contributed by atoms with E-state index in [1.165, 1.54) is 6.08 Å². The van der Waals surface area contributed by atoms with E-state index in [1.54, 1.807) is 29.4 Å². The summed E-state index contributed by atoms with van der Waals surface area (Å²) in [4.78, 5) is 35.5. The number of hydrogen-bond donors (Lipinski definition) is 1. The Balaban J connectivity index is 1.74. The van der Waals surface area contributed by atoms with Crippen molar-refractivity contribution in [2.24, 2.45) is 0 Å². The highest BCUT2D eigenvalue weighted by atomic mass is 16.2. The van der Waals surface area contributed by atoms with Crippen LogP contribution in [0, 0.1) is 0 Å². The molecule has 1 heterocycles. The van der Waals surface area contributed by atoms with Crippen LogP contribution in [-0.4, -0.2) is 42.3 Å². The number of amides is 2. The molecule has 0 saturated carbocycles. The first-order chi connectivity index (χ1) is 18.9. The zero-order chi connectivity index (χ0) is 27.6. The minimum atomic E-state index is -0.927. The number of anilines is 1. The molecule has 0 aliphatic carbocycles. The van der Waals surface area contributed by atoms with Gasteiger partial charge in [-0.2, -0.15) is 0 Å². The SMILES string of the molecule is C[C@H](NC(=O)C(c1cccnc1)N(C(=O)/C=C/CN(C)C)c1ccc(-c2ccccc2)cc1)c1ccccc1. The van der Waals surface area contributed by atoms with E-state index in [-0.39, 0.29) is 17.9 Å². The van der Waals surface area contributed by atoms with Crippen molar-refractivity contribution in [2.45, 2.75) is 19.0 Å². The molecule has 0 aliphatic rings. The predicted molar refractivity (Wildman–Crippen MR) is 157 cm³/mol. The molecule has 0 radical (unpaired) electrons. The second kappa shape index (κ2) is 13.3. The van der Waals surface area contributed by atoms with Crippen LogP contribution in [0.15, 0.2) is 122 Å². The third-order valence-electron chi connectivity index (χ3n) is 6.39. The number of carbonyl (C=O) groups excluding carboxylic acids is 2. The van der Waals surface area contributed by atoms with Crippen molar-refractivity contribution in [1.82, 2.24) is 15.2 Å². The molecule has 0 aliphatic heterocycles. The van der Waals surface area contributed by atoms with Crippen LogP contribution in [0.25, 0.3) is 11.1 Å². The van der Waals surface area contributed by atoms with Crippen LogP contribution >= 0.6 is 0 Å². The first-order valence-corrected chi connectivity index (χ1v) is 13.0. The lowest BCUT2D eigenvalue weighted by molar-refractivity contribution is -0.125. The van der Waals surface area contributed by atoms with E-state index in [0.29, 0.717) is 17.8 Å². The van der Waals surface area contributed by atoms with Crippen molar-refractivity contribution in [3.05, 3.63) is 133 Å². The Hall–Kier alpha value is -4.55. The molecule has 0 fully saturated rings. The Morgan fingerprint density at radius 1 is 0.821 bits per heavy atom. The van der Waals surface area contributed by atoms with Gasteiger partial charge in [0.2, 0.25) is 5.91 Å². The maximum absolute atomic E-state index is 14.0. The highest BCUT2D eigenvalue weighted by Gasteiger charge is 2.33. The Bertz CT molecular complexity index is 1370. The Morgan fingerprint density at radius 2 is 1.44 bits per heavy atom. The fourth-order valence-electron chi connectivity index (χ4n) is 4.37. The van der Waals surface area contributed by atoms with E-state index in [1.807, 2.05) is 117 Å². The summed E-state index contributed by atoms with van der Waals surface area (Å²) in [5, 5.41) is 3.12. The van der Waals surface area contributed by atoms with Gasteiger partial charge in [-0.3, -0.25) is 19.5 Å². The summed E-state index contributed by atoms with van der Waals surface area (Å²) < 4.78 is 0. The van der Waals surface area contributed by atoms with E-state index in [9.17, 15) is 9.59 Å². The van der Waals surface area contributed by atoms with Gasteiger partial charge in [-0.25, -0.2) is 0 Å². The van der Waals surface area contributed by atoms with E-state index < -0.39 is 6.04 Å². The number of aromatic nitrogens is 1. The van der Waals surface area contributed by atoms with Gasteiger partial charge in [0.05, 0.1) is 6.04 Å². The zero-order valence-electron chi connectivity index (χ0n) is 22.6. The van der Waals surface area contributed by atoms with Crippen molar-refractivity contribution in [3.63, 3.8) is 0 Å². The lowest BCUT2D eigenvalue weighted by atomic mass is 10.0. The topological polar surface area (TPSA) is 65.5 Å². The molecule has 1 unspecified atom stereocenters. The van der Waals surface area contributed by atoms with E-state index in [4.69, 9.17) is 0 Å². The fourth-order valence-corrected chi connectivity index (χ4v) is 4.37. The summed E-state index contributed by atoms with van der Waals surface area (Å²) in [6.45, 7) is 2.53. The maximum Gasteiger partial charge on any atom is 0.251 e. The second-order valence-electron chi connectivity index (χ2n) is 9.62. The molecule has 0 saturated heterocycles. The number of likely N-dealkylation sites (N-methyl/N-ethyl adjacent to an activating group) is 1. The van der Waals surface area contributed by atoms with Gasteiger partial charge < -0.3 is 10.2 Å². The van der Waals surface area contributed by atoms with Crippen LogP contribution in [0.1, 0.15) is 30.1 Å². The molecule has 1 aromatic heterocycles. The molecule has 198 valence electrons. The molecule has 0 spiro atoms. The first-order valence-electron chi connectivity index (χ1n) is 13.0. The zero-order valence-corrected chi connectivity index (χ0v) is 22.6. The summed E-state index contributed by atoms with van der Waals surface area (Å²) in [5.74, 6) is -0.582. The third kappa shape index (κ3) is 7.27. The van der Waals surface area contributed by atoms with Gasteiger partial charge in [0.1, 0.15) is 6.04 Å². The van der Waals surface area contributed by atoms with Gasteiger partial charge in [-0.05, 0) is 55.9 Å². The van der Waals surface area contributed by atoms with Crippen molar-refractivity contribution < 1.29 is 9.59 Å². The first kappa shape index (κ1) is 27.5. The van der Waals surface area contributed by atoms with Gasteiger partial charge >= 0.3 is 0 Å². The minimum absolute atomic E-state index is 0.250. The molecule has 6 nitrogen and oxygen atoms in total. The lowest BCUT2D eigenvalue weighted by Gasteiger charge is -2.31. The molecule has 2 atom stereocenters. The van der Waals surface area contributed by atoms with Gasteiger partial charge in [-0.15, -0.1) is 0 Å². The summed E-state index contributed by atoms with van der Waals surface area (Å²) >= 11 is 0. The van der Waals surface area contributed by atoms with Crippen LogP contribution in [0.4, 0.5) is 5.69 Å². The summed E-state index contributed by atoms with van der Waals surface area (Å²) in [6.07, 6.45) is 6.63. The van der Waals surface area contributed by atoms with Crippen molar-refractivity contribution in [2.75, 3.05) is 25.5 Å². The third-order valence-corrected chi connectivity index (χ3v) is 6.39. The normalized spacial score (nSPS) is 12.7. The van der Waals surface area contributed by atoms with E-state index in [2.05, 4.69) is 10.3 Å². The molecule has 1 N–H and O–H groups in total. The van der Waals surface area contributed by atoms with Crippen LogP contribution < -0.4 is 10.2 Å². The quantitative estimate of drug-likeness (QED) is 0.269. The number of carbonyl (C=O) groups is 2. The summed E-state index contributed by atoms with van der Waals surface area (Å²) in [6, 6.07) is 29.9. The molecule has 0 bridgehead atoms. The standard InChI is InChI=1S/C33H34N4O2/c1-25(26-12-6-4-7-13-26)35-33(39)32(29-16-10-22-34-24-29)37(31(38)17-11-23-36(2)3)30-20-18-28(19-21-30)27-14-8-5-9-15-27/h4-22,24-25,32H,23H2,1-3H3,(H,35,39)/b17-11+/t25-,32?/m0/s1. The van der Waals surface area contributed by atoms with E-state index in [0.717, 1.165) is 16.7 Å². The lowest BCUT2D eigenvalue weighted by Crippen LogP contribution is -2.44. The number of nitrogens with zero attached hydrogens (tertiary/aromatic N) is 3.